The van der Waals surface area contributed by atoms with E-state index < -0.39 is 0 Å². The molecule has 2 amide bonds. The van der Waals surface area contributed by atoms with Crippen LogP contribution in [0.25, 0.3) is 6.08 Å². The number of carbonyl (C=O) groups is 3. The van der Waals surface area contributed by atoms with Crippen molar-refractivity contribution in [1.82, 2.24) is 0 Å². The number of ether oxygens (including phenoxy) is 2. The number of unbranched alkanes of at least 4 members (excludes halogenated alkanes) is 3. The zero-order valence-corrected chi connectivity index (χ0v) is 18.0. The van der Waals surface area contributed by atoms with Crippen LogP contribution in [0.4, 0.5) is 5.69 Å². The van der Waals surface area contributed by atoms with E-state index in [1.54, 1.807) is 30.3 Å². The normalized spacial score (nSPS) is 13.8. The van der Waals surface area contributed by atoms with E-state index in [-0.39, 0.29) is 24.2 Å². The molecule has 6 nitrogen and oxygen atoms in total. The van der Waals surface area contributed by atoms with Gasteiger partial charge in [-0.15, -0.1) is 0 Å². The maximum atomic E-state index is 12.0. The van der Waals surface area contributed by atoms with E-state index in [1.165, 1.54) is 6.08 Å². The van der Waals surface area contributed by atoms with Gasteiger partial charge in [-0.1, -0.05) is 36.9 Å². The summed E-state index contributed by atoms with van der Waals surface area (Å²) >= 11 is 0. The van der Waals surface area contributed by atoms with Crippen molar-refractivity contribution in [3.05, 3.63) is 78.4 Å². The van der Waals surface area contributed by atoms with Gasteiger partial charge in [0.2, 0.25) is 5.91 Å². The molecule has 0 atom stereocenters. The van der Waals surface area contributed by atoms with E-state index in [0.29, 0.717) is 30.2 Å². The molecule has 166 valence electrons. The Morgan fingerprint density at radius 1 is 0.938 bits per heavy atom. The first-order valence-electron chi connectivity index (χ1n) is 10.7. The van der Waals surface area contributed by atoms with Gasteiger partial charge >= 0.3 is 5.97 Å². The first-order valence-corrected chi connectivity index (χ1v) is 10.7. The molecular formula is C26H27NO5. The van der Waals surface area contributed by atoms with Crippen molar-refractivity contribution in [2.45, 2.75) is 32.1 Å². The Hall–Kier alpha value is -3.67. The maximum absolute atomic E-state index is 12.0. The second-order valence-electron chi connectivity index (χ2n) is 7.48. The molecular weight excluding hydrogens is 406 g/mol. The van der Waals surface area contributed by atoms with Crippen LogP contribution in [-0.2, 0) is 19.1 Å². The van der Waals surface area contributed by atoms with Crippen molar-refractivity contribution in [3.8, 4) is 5.75 Å². The molecule has 0 aliphatic carbocycles. The van der Waals surface area contributed by atoms with Crippen LogP contribution in [0.5, 0.6) is 5.75 Å². The summed E-state index contributed by atoms with van der Waals surface area (Å²) in [6.45, 7) is 4.59. The zero-order valence-electron chi connectivity index (χ0n) is 18.0. The average molecular weight is 434 g/mol. The van der Waals surface area contributed by atoms with Gasteiger partial charge in [0.1, 0.15) is 5.75 Å². The fourth-order valence-electron chi connectivity index (χ4n) is 3.26. The van der Waals surface area contributed by atoms with Crippen molar-refractivity contribution in [2.24, 2.45) is 0 Å². The summed E-state index contributed by atoms with van der Waals surface area (Å²) < 4.78 is 10.9. The summed E-state index contributed by atoms with van der Waals surface area (Å²) in [7, 11) is 0. The molecule has 1 aliphatic rings. The smallest absolute Gasteiger partial charge is 0.330 e. The summed E-state index contributed by atoms with van der Waals surface area (Å²) in [5.74, 6) is -0.249. The van der Waals surface area contributed by atoms with Crippen LogP contribution in [0.2, 0.25) is 0 Å². The number of imide groups is 1. The summed E-state index contributed by atoms with van der Waals surface area (Å²) in [6, 6.07) is 16.5. The molecule has 1 aliphatic heterocycles. The van der Waals surface area contributed by atoms with E-state index in [9.17, 15) is 14.4 Å². The molecule has 1 heterocycles. The quantitative estimate of drug-likeness (QED) is 0.222. The Morgan fingerprint density at radius 3 is 2.28 bits per heavy atom. The maximum Gasteiger partial charge on any atom is 0.330 e. The van der Waals surface area contributed by atoms with Crippen LogP contribution in [0, 0.1) is 0 Å². The first-order chi connectivity index (χ1) is 15.5. The minimum absolute atomic E-state index is 0.0701. The lowest BCUT2D eigenvalue weighted by molar-refractivity contribution is -0.137. The van der Waals surface area contributed by atoms with Crippen LogP contribution in [0.1, 0.15) is 37.7 Å². The molecule has 0 bridgehead atoms. The van der Waals surface area contributed by atoms with E-state index in [0.717, 1.165) is 36.1 Å². The van der Waals surface area contributed by atoms with Gasteiger partial charge in [0.25, 0.3) is 5.91 Å². The molecule has 0 aromatic heterocycles. The third-order valence-corrected chi connectivity index (χ3v) is 4.98. The molecule has 32 heavy (non-hydrogen) atoms. The number of amides is 2. The number of carbonyl (C=O) groups excluding carboxylic acids is 3. The molecule has 0 unspecified atom stereocenters. The number of benzene rings is 2. The van der Waals surface area contributed by atoms with E-state index in [2.05, 4.69) is 6.58 Å². The van der Waals surface area contributed by atoms with Gasteiger partial charge in [-0.2, -0.15) is 0 Å². The molecule has 0 saturated carbocycles. The van der Waals surface area contributed by atoms with E-state index in [4.69, 9.17) is 9.47 Å². The van der Waals surface area contributed by atoms with Gasteiger partial charge in [0.15, 0.2) is 0 Å². The van der Waals surface area contributed by atoms with Gasteiger partial charge in [-0.3, -0.25) is 9.59 Å². The highest BCUT2D eigenvalue weighted by atomic mass is 16.5. The Bertz CT molecular complexity index is 979. The van der Waals surface area contributed by atoms with E-state index in [1.807, 2.05) is 30.3 Å². The lowest BCUT2D eigenvalue weighted by Gasteiger charge is -2.14. The monoisotopic (exact) mass is 433 g/mol. The number of rotatable bonds is 11. The second-order valence-corrected chi connectivity index (χ2v) is 7.48. The number of hydrogen-bond donors (Lipinski definition) is 0. The van der Waals surface area contributed by atoms with Crippen molar-refractivity contribution in [1.29, 1.82) is 0 Å². The second kappa shape index (κ2) is 11.6. The Balaban J connectivity index is 1.26. The Labute approximate surface area is 188 Å². The highest BCUT2D eigenvalue weighted by Gasteiger charge is 2.33. The molecule has 1 fully saturated rings. The number of esters is 1. The van der Waals surface area contributed by atoms with Crippen LogP contribution < -0.4 is 9.64 Å². The van der Waals surface area contributed by atoms with E-state index >= 15 is 0 Å². The molecule has 3 rings (SSSR count). The Morgan fingerprint density at radius 2 is 1.62 bits per heavy atom. The van der Waals surface area contributed by atoms with Crippen LogP contribution >= 0.6 is 0 Å². The molecule has 0 radical (unpaired) electrons. The van der Waals surface area contributed by atoms with Crippen LogP contribution in [0.3, 0.4) is 0 Å². The Kier molecular flexibility index (Phi) is 8.37. The van der Waals surface area contributed by atoms with Gasteiger partial charge in [-0.05, 0) is 61.6 Å². The minimum atomic E-state index is -0.346. The summed E-state index contributed by atoms with van der Waals surface area (Å²) in [5.41, 5.74) is 1.80. The minimum Gasteiger partial charge on any atom is -0.494 e. The molecule has 2 aromatic rings. The van der Waals surface area contributed by atoms with Crippen molar-refractivity contribution >= 4 is 29.5 Å². The van der Waals surface area contributed by atoms with Crippen LogP contribution in [0.15, 0.2) is 72.8 Å². The fourth-order valence-corrected chi connectivity index (χ4v) is 3.26. The fraction of sp³-hybridized carbons (Fsp3) is 0.269. The number of hydrogen-bond acceptors (Lipinski definition) is 5. The largest absolute Gasteiger partial charge is 0.494 e. The highest BCUT2D eigenvalue weighted by molar-refractivity contribution is 6.27. The van der Waals surface area contributed by atoms with Gasteiger partial charge < -0.3 is 9.47 Å². The molecule has 0 spiro atoms. The van der Waals surface area contributed by atoms with Crippen molar-refractivity contribution in [2.75, 3.05) is 18.1 Å². The first kappa shape index (κ1) is 23.0. The molecule has 6 heteroatoms. The molecule has 1 saturated heterocycles. The standard InChI is InChI=1S/C26H27NO5/c1-20-19-24(28)27(26(20)30)22-12-14-23(15-13-22)31-17-7-2-3-8-18-32-25(29)16-11-21-9-5-4-6-10-21/h4-6,9-16H,1-3,7-8,17-19H2/b16-11+. The van der Waals surface area contributed by atoms with Crippen LogP contribution in [-0.4, -0.2) is 31.0 Å². The number of anilines is 1. The van der Waals surface area contributed by atoms with Gasteiger partial charge in [0.05, 0.1) is 25.3 Å². The average Bonchev–Trinajstić information content (AvgIpc) is 3.06. The zero-order chi connectivity index (χ0) is 22.8. The van der Waals surface area contributed by atoms with Gasteiger partial charge in [-0.25, -0.2) is 9.69 Å². The molecule has 2 aromatic carbocycles. The molecule has 0 N–H and O–H groups in total. The lowest BCUT2D eigenvalue weighted by atomic mass is 10.2. The third kappa shape index (κ3) is 6.67. The third-order valence-electron chi connectivity index (χ3n) is 4.98. The van der Waals surface area contributed by atoms with Crippen molar-refractivity contribution in [3.63, 3.8) is 0 Å². The predicted molar refractivity (Wildman–Crippen MR) is 123 cm³/mol. The SMILES string of the molecule is C=C1CC(=O)N(c2ccc(OCCCCCCOC(=O)/C=C/c3ccccc3)cc2)C1=O. The number of nitrogens with zero attached hydrogens (tertiary/aromatic N) is 1. The van der Waals surface area contributed by atoms with Crippen molar-refractivity contribution < 1.29 is 23.9 Å². The van der Waals surface area contributed by atoms with Gasteiger partial charge in [0, 0.05) is 11.6 Å². The summed E-state index contributed by atoms with van der Waals surface area (Å²) in [5, 5.41) is 0. The topological polar surface area (TPSA) is 72.9 Å². The predicted octanol–water partition coefficient (Wildman–Crippen LogP) is 4.70. The lowest BCUT2D eigenvalue weighted by Crippen LogP contribution is -2.28. The summed E-state index contributed by atoms with van der Waals surface area (Å²) in [4.78, 5) is 36.7. The summed E-state index contributed by atoms with van der Waals surface area (Å²) in [6.07, 6.45) is 6.86. The highest BCUT2D eigenvalue weighted by Crippen LogP contribution is 2.26.